The molecule has 12 rings (SSSR count). The maximum atomic E-state index is 6.57. The first kappa shape index (κ1) is 31.0. The minimum atomic E-state index is 0.901. The van der Waals surface area contributed by atoms with Crippen molar-refractivity contribution in [1.82, 2.24) is 4.57 Å². The molecule has 0 saturated heterocycles. The lowest BCUT2D eigenvalue weighted by molar-refractivity contribution is 0.670. The van der Waals surface area contributed by atoms with E-state index in [0.29, 0.717) is 0 Å². The molecule has 0 saturated carbocycles. The summed E-state index contributed by atoms with van der Waals surface area (Å²) >= 11 is 0. The van der Waals surface area contributed by atoms with Crippen LogP contribution in [0.15, 0.2) is 205 Å². The number of para-hydroxylation sites is 2. The molecular formula is C54H33NO. The Morgan fingerprint density at radius 3 is 1.55 bits per heavy atom. The molecule has 0 radical (unpaired) electrons. The minimum absolute atomic E-state index is 0.901. The average Bonchev–Trinajstić information content (AvgIpc) is 3.82. The van der Waals surface area contributed by atoms with E-state index in [2.05, 4.69) is 205 Å². The fraction of sp³-hybridized carbons (Fsp3) is 0. The van der Waals surface area contributed by atoms with Gasteiger partial charge in [-0.15, -0.1) is 0 Å². The highest BCUT2D eigenvalue weighted by Crippen LogP contribution is 2.41. The van der Waals surface area contributed by atoms with Crippen LogP contribution in [0.25, 0.3) is 115 Å². The van der Waals surface area contributed by atoms with Crippen LogP contribution in [0.3, 0.4) is 0 Å². The van der Waals surface area contributed by atoms with Crippen molar-refractivity contribution in [2.45, 2.75) is 0 Å². The zero-order chi connectivity index (χ0) is 36.7. The average molecular weight is 712 g/mol. The highest BCUT2D eigenvalue weighted by atomic mass is 16.3. The Morgan fingerprint density at radius 2 is 0.804 bits per heavy atom. The van der Waals surface area contributed by atoms with Gasteiger partial charge < -0.3 is 8.98 Å². The monoisotopic (exact) mass is 711 g/mol. The third-order valence-electron chi connectivity index (χ3n) is 11.8. The van der Waals surface area contributed by atoms with E-state index < -0.39 is 0 Å². The van der Waals surface area contributed by atoms with Crippen molar-refractivity contribution in [3.63, 3.8) is 0 Å². The zero-order valence-electron chi connectivity index (χ0n) is 30.4. The van der Waals surface area contributed by atoms with Crippen molar-refractivity contribution < 1.29 is 4.42 Å². The summed E-state index contributed by atoms with van der Waals surface area (Å²) in [5.41, 5.74) is 12.3. The van der Waals surface area contributed by atoms with Crippen LogP contribution in [0.1, 0.15) is 0 Å². The first-order chi connectivity index (χ1) is 27.8. The standard InChI is InChI=1S/C54H33NO/c1-2-11-34(12-3-1)36-25-30-53-50(32-36)48-19-10-18-40(54(48)56-53)35-21-26-39(27-22-35)55-51-20-9-8-17-46(51)47-29-24-38(33-52(47)55)37-23-28-45-43-15-5-4-13-41(43)42-14-6-7-16-44(42)49(45)31-37/h1-33H. The molecule has 0 N–H and O–H groups in total. The Kier molecular flexibility index (Phi) is 6.66. The van der Waals surface area contributed by atoms with Gasteiger partial charge in [0.2, 0.25) is 0 Å². The summed E-state index contributed by atoms with van der Waals surface area (Å²) in [6.45, 7) is 0. The van der Waals surface area contributed by atoms with E-state index in [1.807, 2.05) is 0 Å². The van der Waals surface area contributed by atoms with E-state index >= 15 is 0 Å². The second-order valence-corrected chi connectivity index (χ2v) is 14.8. The molecule has 2 aromatic heterocycles. The molecule has 0 atom stereocenters. The van der Waals surface area contributed by atoms with Crippen LogP contribution >= 0.6 is 0 Å². The van der Waals surface area contributed by atoms with E-state index in [1.54, 1.807) is 0 Å². The summed E-state index contributed by atoms with van der Waals surface area (Å²) in [7, 11) is 0. The van der Waals surface area contributed by atoms with E-state index in [-0.39, 0.29) is 0 Å². The molecule has 0 amide bonds. The van der Waals surface area contributed by atoms with Gasteiger partial charge in [0.1, 0.15) is 11.2 Å². The molecule has 2 heterocycles. The van der Waals surface area contributed by atoms with Crippen molar-refractivity contribution in [2.24, 2.45) is 0 Å². The van der Waals surface area contributed by atoms with Gasteiger partial charge in [-0.3, -0.25) is 0 Å². The van der Waals surface area contributed by atoms with Crippen molar-refractivity contribution in [2.75, 3.05) is 0 Å². The number of nitrogens with zero attached hydrogens (tertiary/aromatic N) is 1. The van der Waals surface area contributed by atoms with Gasteiger partial charge in [-0.2, -0.15) is 0 Å². The zero-order valence-corrected chi connectivity index (χ0v) is 30.4. The molecule has 0 fully saturated rings. The normalized spacial score (nSPS) is 11.9. The maximum Gasteiger partial charge on any atom is 0.143 e. The Hall–Kier alpha value is -7.42. The Bertz CT molecular complexity index is 3480. The molecule has 0 aliphatic carbocycles. The number of furan rings is 1. The minimum Gasteiger partial charge on any atom is -0.455 e. The second kappa shape index (κ2) is 12.0. The lowest BCUT2D eigenvalue weighted by Crippen LogP contribution is -1.94. The Labute approximate surface area is 323 Å². The highest BCUT2D eigenvalue weighted by Gasteiger charge is 2.17. The van der Waals surface area contributed by atoms with Crippen LogP contribution in [0.4, 0.5) is 0 Å². The molecule has 0 unspecified atom stereocenters. The highest BCUT2D eigenvalue weighted by molar-refractivity contribution is 6.26. The predicted octanol–water partition coefficient (Wildman–Crippen LogP) is 15.1. The molecule has 10 aromatic carbocycles. The van der Waals surface area contributed by atoms with Gasteiger partial charge >= 0.3 is 0 Å². The van der Waals surface area contributed by atoms with Crippen LogP contribution in [-0.2, 0) is 0 Å². The Morgan fingerprint density at radius 1 is 0.286 bits per heavy atom. The molecule has 0 aliphatic heterocycles. The van der Waals surface area contributed by atoms with Gasteiger partial charge in [0.15, 0.2) is 0 Å². The number of fused-ring (bicyclic) bond motifs is 12. The first-order valence-electron chi connectivity index (χ1n) is 19.3. The molecule has 56 heavy (non-hydrogen) atoms. The van der Waals surface area contributed by atoms with Crippen molar-refractivity contribution >= 4 is 76.1 Å². The molecule has 2 nitrogen and oxygen atoms in total. The number of aromatic nitrogens is 1. The van der Waals surface area contributed by atoms with Gasteiger partial charge in [-0.05, 0) is 103 Å². The predicted molar refractivity (Wildman–Crippen MR) is 237 cm³/mol. The van der Waals surface area contributed by atoms with E-state index in [1.165, 1.54) is 76.4 Å². The molecule has 0 bridgehead atoms. The molecule has 12 aromatic rings. The third-order valence-corrected chi connectivity index (χ3v) is 11.8. The summed E-state index contributed by atoms with van der Waals surface area (Å²) in [5, 5.41) is 12.5. The summed E-state index contributed by atoms with van der Waals surface area (Å²) in [5.74, 6) is 0. The summed E-state index contributed by atoms with van der Waals surface area (Å²) in [4.78, 5) is 0. The number of hydrogen-bond donors (Lipinski definition) is 0. The summed E-state index contributed by atoms with van der Waals surface area (Å²) in [6.07, 6.45) is 0. The van der Waals surface area contributed by atoms with E-state index in [4.69, 9.17) is 4.42 Å². The topological polar surface area (TPSA) is 18.1 Å². The van der Waals surface area contributed by atoms with Crippen LogP contribution in [0.5, 0.6) is 0 Å². The molecule has 0 spiro atoms. The Balaban J connectivity index is 0.984. The van der Waals surface area contributed by atoms with Crippen LogP contribution < -0.4 is 0 Å². The van der Waals surface area contributed by atoms with Crippen LogP contribution in [0, 0.1) is 0 Å². The van der Waals surface area contributed by atoms with E-state index in [0.717, 1.165) is 38.8 Å². The first-order valence-corrected chi connectivity index (χ1v) is 19.3. The molecule has 2 heteroatoms. The summed E-state index contributed by atoms with van der Waals surface area (Å²) in [6, 6.07) is 72.7. The fourth-order valence-electron chi connectivity index (χ4n) is 9.14. The number of rotatable bonds is 4. The second-order valence-electron chi connectivity index (χ2n) is 14.8. The van der Waals surface area contributed by atoms with Crippen molar-refractivity contribution in [3.8, 4) is 39.1 Å². The van der Waals surface area contributed by atoms with Crippen LogP contribution in [-0.4, -0.2) is 4.57 Å². The number of hydrogen-bond acceptors (Lipinski definition) is 1. The smallest absolute Gasteiger partial charge is 0.143 e. The quantitative estimate of drug-likeness (QED) is 0.166. The lowest BCUT2D eigenvalue weighted by Gasteiger charge is -2.13. The van der Waals surface area contributed by atoms with Gasteiger partial charge in [0.05, 0.1) is 11.0 Å². The van der Waals surface area contributed by atoms with Crippen molar-refractivity contribution in [1.29, 1.82) is 0 Å². The van der Waals surface area contributed by atoms with Gasteiger partial charge in [-0.1, -0.05) is 158 Å². The van der Waals surface area contributed by atoms with Gasteiger partial charge in [0, 0.05) is 32.8 Å². The summed E-state index contributed by atoms with van der Waals surface area (Å²) < 4.78 is 8.98. The van der Waals surface area contributed by atoms with Crippen molar-refractivity contribution in [3.05, 3.63) is 200 Å². The lowest BCUT2D eigenvalue weighted by atomic mass is 9.92. The molecule has 0 aliphatic rings. The number of benzene rings is 10. The third kappa shape index (κ3) is 4.63. The van der Waals surface area contributed by atoms with E-state index in [9.17, 15) is 0 Å². The maximum absolute atomic E-state index is 6.57. The molecular weight excluding hydrogens is 679 g/mol. The fourth-order valence-corrected chi connectivity index (χ4v) is 9.14. The SMILES string of the molecule is c1ccc(-c2ccc3oc4c(-c5ccc(-n6c7ccccc7c7ccc(-c8ccc9c%10ccccc%10c%10ccccc%10c9c8)cc76)cc5)cccc4c3c2)cc1. The van der Waals surface area contributed by atoms with Crippen LogP contribution in [0.2, 0.25) is 0 Å². The largest absolute Gasteiger partial charge is 0.455 e. The molecule has 260 valence electrons. The van der Waals surface area contributed by atoms with Gasteiger partial charge in [-0.25, -0.2) is 0 Å². The van der Waals surface area contributed by atoms with Gasteiger partial charge in [0.25, 0.3) is 0 Å².